The van der Waals surface area contributed by atoms with E-state index in [1.54, 1.807) is 28.6 Å². The van der Waals surface area contributed by atoms with Crippen molar-refractivity contribution in [2.45, 2.75) is 42.5 Å². The van der Waals surface area contributed by atoms with Gasteiger partial charge >= 0.3 is 0 Å². The number of sulfonamides is 1. The first-order valence-corrected chi connectivity index (χ1v) is 9.36. The van der Waals surface area contributed by atoms with E-state index >= 15 is 0 Å². The molecule has 1 aliphatic carbocycles. The lowest BCUT2D eigenvalue weighted by atomic mass is 9.80. The summed E-state index contributed by atoms with van der Waals surface area (Å²) in [7, 11) is -3.48. The van der Waals surface area contributed by atoms with E-state index in [0.29, 0.717) is 23.0 Å². The van der Waals surface area contributed by atoms with Crippen LogP contribution in [-0.4, -0.2) is 37.9 Å². The van der Waals surface area contributed by atoms with E-state index in [-0.39, 0.29) is 5.54 Å². The second-order valence-electron chi connectivity index (χ2n) is 6.00. The summed E-state index contributed by atoms with van der Waals surface area (Å²) >= 11 is 5.97. The second-order valence-corrected chi connectivity index (χ2v) is 8.30. The Bertz CT molecular complexity index is 604. The SMILES string of the molecule is O=S(=O)(c1cccc(Cl)c1)N1CCNCC12CCCCC2. The number of halogens is 1. The van der Waals surface area contributed by atoms with Gasteiger partial charge in [0.1, 0.15) is 0 Å². The van der Waals surface area contributed by atoms with Crippen molar-refractivity contribution < 1.29 is 8.42 Å². The molecule has 0 aromatic heterocycles. The topological polar surface area (TPSA) is 49.4 Å². The number of nitrogens with one attached hydrogen (secondary N) is 1. The maximum Gasteiger partial charge on any atom is 0.243 e. The molecule has 1 aromatic rings. The normalized spacial score (nSPS) is 23.3. The zero-order valence-electron chi connectivity index (χ0n) is 12.0. The summed E-state index contributed by atoms with van der Waals surface area (Å²) in [4.78, 5) is 0.307. The molecule has 1 spiro atoms. The molecule has 2 aliphatic rings. The molecular formula is C15H21ClN2O2S. The van der Waals surface area contributed by atoms with E-state index in [2.05, 4.69) is 5.32 Å². The summed E-state index contributed by atoms with van der Waals surface area (Å²) in [5.74, 6) is 0. The maximum absolute atomic E-state index is 13.1. The van der Waals surface area contributed by atoms with Crippen molar-refractivity contribution in [1.82, 2.24) is 9.62 Å². The van der Waals surface area contributed by atoms with Crippen molar-refractivity contribution in [3.63, 3.8) is 0 Å². The zero-order valence-corrected chi connectivity index (χ0v) is 13.6. The highest BCUT2D eigenvalue weighted by molar-refractivity contribution is 7.89. The number of hydrogen-bond acceptors (Lipinski definition) is 3. The van der Waals surface area contributed by atoms with Crippen LogP contribution in [0.1, 0.15) is 32.1 Å². The molecule has 0 bridgehead atoms. The van der Waals surface area contributed by atoms with Crippen molar-refractivity contribution in [1.29, 1.82) is 0 Å². The molecule has 116 valence electrons. The fourth-order valence-corrected chi connectivity index (χ4v) is 5.72. The lowest BCUT2D eigenvalue weighted by Gasteiger charge is -2.48. The minimum Gasteiger partial charge on any atom is -0.314 e. The Balaban J connectivity index is 1.99. The standard InChI is InChI=1S/C15H21ClN2O2S/c16-13-5-4-6-14(11-13)21(19,20)18-10-9-17-12-15(18)7-2-1-3-8-15/h4-6,11,17H,1-3,7-10,12H2. The average molecular weight is 329 g/mol. The Hall–Kier alpha value is -0.620. The van der Waals surface area contributed by atoms with Gasteiger partial charge in [0, 0.05) is 30.2 Å². The average Bonchev–Trinajstić information content (AvgIpc) is 2.48. The minimum absolute atomic E-state index is 0.252. The van der Waals surface area contributed by atoms with E-state index in [0.717, 1.165) is 32.2 Å². The molecule has 1 N–H and O–H groups in total. The van der Waals surface area contributed by atoms with E-state index < -0.39 is 10.0 Å². The largest absolute Gasteiger partial charge is 0.314 e. The Kier molecular flexibility index (Phi) is 4.28. The molecule has 0 atom stereocenters. The fourth-order valence-electron chi connectivity index (χ4n) is 3.59. The summed E-state index contributed by atoms with van der Waals surface area (Å²) in [6.45, 7) is 2.00. The molecule has 0 amide bonds. The first-order valence-electron chi connectivity index (χ1n) is 7.54. The molecular weight excluding hydrogens is 308 g/mol. The predicted octanol–water partition coefficient (Wildman–Crippen LogP) is 2.64. The molecule has 1 aromatic carbocycles. The van der Waals surface area contributed by atoms with E-state index in [1.165, 1.54) is 6.42 Å². The van der Waals surface area contributed by atoms with Gasteiger partial charge in [0.25, 0.3) is 0 Å². The Labute approximate surface area is 131 Å². The van der Waals surface area contributed by atoms with Gasteiger partial charge in [-0.2, -0.15) is 4.31 Å². The van der Waals surface area contributed by atoms with Crippen LogP contribution in [-0.2, 0) is 10.0 Å². The van der Waals surface area contributed by atoms with Crippen molar-refractivity contribution in [2.75, 3.05) is 19.6 Å². The molecule has 0 radical (unpaired) electrons. The van der Waals surface area contributed by atoms with Gasteiger partial charge in [-0.15, -0.1) is 0 Å². The fraction of sp³-hybridized carbons (Fsp3) is 0.600. The Morgan fingerprint density at radius 3 is 2.67 bits per heavy atom. The summed E-state index contributed by atoms with van der Waals surface area (Å²) in [6.07, 6.45) is 5.29. The van der Waals surface area contributed by atoms with Crippen LogP contribution in [0.4, 0.5) is 0 Å². The summed E-state index contributed by atoms with van der Waals surface area (Å²) in [5, 5.41) is 3.84. The van der Waals surface area contributed by atoms with Crippen molar-refractivity contribution in [3.8, 4) is 0 Å². The molecule has 6 heteroatoms. The van der Waals surface area contributed by atoms with Crippen LogP contribution < -0.4 is 5.32 Å². The van der Waals surface area contributed by atoms with Crippen LogP contribution in [0.15, 0.2) is 29.2 Å². The first-order chi connectivity index (χ1) is 10.0. The highest BCUT2D eigenvalue weighted by Gasteiger charge is 2.46. The van der Waals surface area contributed by atoms with Gasteiger partial charge in [0.05, 0.1) is 4.90 Å². The molecule has 21 heavy (non-hydrogen) atoms. The summed E-state index contributed by atoms with van der Waals surface area (Å²) in [6, 6.07) is 6.59. The molecule has 1 saturated heterocycles. The van der Waals surface area contributed by atoms with Crippen LogP contribution in [0.25, 0.3) is 0 Å². The van der Waals surface area contributed by atoms with Gasteiger partial charge in [0.15, 0.2) is 0 Å². The first kappa shape index (κ1) is 15.3. The van der Waals surface area contributed by atoms with Gasteiger partial charge in [-0.25, -0.2) is 8.42 Å². The van der Waals surface area contributed by atoms with Gasteiger partial charge in [0.2, 0.25) is 10.0 Å². The number of benzene rings is 1. The van der Waals surface area contributed by atoms with Crippen LogP contribution in [0, 0.1) is 0 Å². The highest BCUT2D eigenvalue weighted by atomic mass is 35.5. The second kappa shape index (κ2) is 5.88. The smallest absolute Gasteiger partial charge is 0.243 e. The van der Waals surface area contributed by atoms with Crippen LogP contribution >= 0.6 is 11.6 Å². The van der Waals surface area contributed by atoms with Gasteiger partial charge in [-0.05, 0) is 31.0 Å². The van der Waals surface area contributed by atoms with Crippen molar-refractivity contribution >= 4 is 21.6 Å². The maximum atomic E-state index is 13.1. The van der Waals surface area contributed by atoms with E-state index in [9.17, 15) is 8.42 Å². The molecule has 3 rings (SSSR count). The molecule has 2 fully saturated rings. The summed E-state index contributed by atoms with van der Waals surface area (Å²) < 4.78 is 27.8. The molecule has 1 heterocycles. The predicted molar refractivity (Wildman–Crippen MR) is 84.0 cm³/mol. The third kappa shape index (κ3) is 2.84. The van der Waals surface area contributed by atoms with Gasteiger partial charge in [-0.1, -0.05) is 36.9 Å². The number of hydrogen-bond donors (Lipinski definition) is 1. The Morgan fingerprint density at radius 1 is 1.19 bits per heavy atom. The van der Waals surface area contributed by atoms with Gasteiger partial charge < -0.3 is 5.32 Å². The third-order valence-corrected chi connectivity index (χ3v) is 6.88. The van der Waals surface area contributed by atoms with Crippen LogP contribution in [0.5, 0.6) is 0 Å². The minimum atomic E-state index is -3.48. The number of piperazine rings is 1. The van der Waals surface area contributed by atoms with Crippen molar-refractivity contribution in [2.24, 2.45) is 0 Å². The molecule has 1 saturated carbocycles. The Morgan fingerprint density at radius 2 is 1.95 bits per heavy atom. The molecule has 1 aliphatic heterocycles. The van der Waals surface area contributed by atoms with E-state index in [1.807, 2.05) is 0 Å². The quantitative estimate of drug-likeness (QED) is 0.908. The van der Waals surface area contributed by atoms with E-state index in [4.69, 9.17) is 11.6 Å². The number of rotatable bonds is 2. The molecule has 4 nitrogen and oxygen atoms in total. The van der Waals surface area contributed by atoms with Crippen LogP contribution in [0.3, 0.4) is 0 Å². The lowest BCUT2D eigenvalue weighted by molar-refractivity contribution is 0.101. The highest BCUT2D eigenvalue weighted by Crippen LogP contribution is 2.38. The van der Waals surface area contributed by atoms with Crippen LogP contribution in [0.2, 0.25) is 5.02 Å². The third-order valence-electron chi connectivity index (χ3n) is 4.64. The van der Waals surface area contributed by atoms with Crippen molar-refractivity contribution in [3.05, 3.63) is 29.3 Å². The molecule has 0 unspecified atom stereocenters. The lowest BCUT2D eigenvalue weighted by Crippen LogP contribution is -2.63. The zero-order chi connectivity index (χ0) is 14.9. The summed E-state index contributed by atoms with van der Waals surface area (Å²) in [5.41, 5.74) is -0.252. The number of nitrogens with zero attached hydrogens (tertiary/aromatic N) is 1. The monoisotopic (exact) mass is 328 g/mol. The van der Waals surface area contributed by atoms with Gasteiger partial charge in [-0.3, -0.25) is 0 Å².